The van der Waals surface area contributed by atoms with E-state index in [1.807, 2.05) is 0 Å². The van der Waals surface area contributed by atoms with Crippen molar-refractivity contribution < 1.29 is 0 Å². The average Bonchev–Trinajstić information content (AvgIpc) is 1.98. The van der Waals surface area contributed by atoms with Gasteiger partial charge in [-0.15, -0.1) is 0 Å². The summed E-state index contributed by atoms with van der Waals surface area (Å²) in [5.74, 6) is 0.852. The van der Waals surface area contributed by atoms with Gasteiger partial charge in [-0.2, -0.15) is 0 Å². The highest BCUT2D eigenvalue weighted by atomic mass is 14.8. The molecule has 0 aliphatic heterocycles. The van der Waals surface area contributed by atoms with Crippen molar-refractivity contribution in [2.24, 2.45) is 5.92 Å². The van der Waals surface area contributed by atoms with Crippen LogP contribution in [-0.4, -0.2) is 13.1 Å². The first-order chi connectivity index (χ1) is 4.85. The maximum atomic E-state index is 4.36. The molecule has 0 heterocycles. The summed E-state index contributed by atoms with van der Waals surface area (Å²) in [5, 5.41) is 4.36. The molecule has 1 atom stereocenters. The molecule has 0 saturated heterocycles. The minimum atomic E-state index is 0.852. The second-order valence-corrected chi connectivity index (χ2v) is 2.79. The molecular weight excluding hydrogens is 122 g/mol. The third-order valence-electron chi connectivity index (χ3n) is 1.89. The summed E-state index contributed by atoms with van der Waals surface area (Å²) < 4.78 is 0. The van der Waals surface area contributed by atoms with E-state index in [1.165, 1.54) is 19.3 Å². The van der Waals surface area contributed by atoms with E-state index in [0.29, 0.717) is 0 Å². The molecule has 0 N–H and O–H groups in total. The summed E-state index contributed by atoms with van der Waals surface area (Å²) in [5.41, 5.74) is 0. The molecule has 0 aliphatic rings. The van der Waals surface area contributed by atoms with Crippen LogP contribution in [0, 0.1) is 5.92 Å². The molecule has 0 bridgehead atoms. The number of nitrogens with zero attached hydrogens (tertiary/aromatic N) is 1. The fourth-order valence-corrected chi connectivity index (χ4v) is 1.14. The van der Waals surface area contributed by atoms with Gasteiger partial charge < -0.3 is 0 Å². The summed E-state index contributed by atoms with van der Waals surface area (Å²) in [7, 11) is 0. The Morgan fingerprint density at radius 2 is 1.90 bits per heavy atom. The normalized spacial score (nSPS) is 13.5. The van der Waals surface area contributed by atoms with Crippen LogP contribution in [0.4, 0.5) is 0 Å². The molecule has 0 aromatic carbocycles. The summed E-state index contributed by atoms with van der Waals surface area (Å²) in [4.78, 5) is 0. The van der Waals surface area contributed by atoms with E-state index >= 15 is 0 Å². The molecule has 1 heteroatoms. The van der Waals surface area contributed by atoms with Crippen LogP contribution >= 0.6 is 0 Å². The summed E-state index contributed by atoms with van der Waals surface area (Å²) >= 11 is 0. The SMILES string of the molecule is CCCC(CC)C[N]CC. The zero-order valence-electron chi connectivity index (χ0n) is 7.56. The molecule has 1 nitrogen and oxygen atoms in total. The molecule has 0 amide bonds. The number of hydrogen-bond donors (Lipinski definition) is 0. The van der Waals surface area contributed by atoms with Gasteiger partial charge in [-0.05, 0) is 12.3 Å². The Morgan fingerprint density at radius 3 is 2.30 bits per heavy atom. The largest absolute Gasteiger partial charge is 0.242 e. The maximum absolute atomic E-state index is 4.36. The molecule has 0 aromatic rings. The van der Waals surface area contributed by atoms with Gasteiger partial charge in [-0.25, -0.2) is 5.32 Å². The van der Waals surface area contributed by atoms with E-state index in [-0.39, 0.29) is 0 Å². The van der Waals surface area contributed by atoms with Crippen molar-refractivity contribution in [3.63, 3.8) is 0 Å². The molecule has 0 fully saturated rings. The fraction of sp³-hybridized carbons (Fsp3) is 1.00. The van der Waals surface area contributed by atoms with Gasteiger partial charge in [0.05, 0.1) is 0 Å². The van der Waals surface area contributed by atoms with E-state index in [2.05, 4.69) is 26.1 Å². The second-order valence-electron chi connectivity index (χ2n) is 2.79. The molecule has 0 aliphatic carbocycles. The zero-order valence-corrected chi connectivity index (χ0v) is 7.56. The van der Waals surface area contributed by atoms with Crippen LogP contribution in [-0.2, 0) is 0 Å². The molecule has 0 spiro atoms. The highest BCUT2D eigenvalue weighted by Crippen LogP contribution is 2.08. The molecule has 1 unspecified atom stereocenters. The number of hydrogen-bond acceptors (Lipinski definition) is 0. The van der Waals surface area contributed by atoms with E-state index in [4.69, 9.17) is 0 Å². The highest BCUT2D eigenvalue weighted by Gasteiger charge is 2.02. The first-order valence-corrected chi connectivity index (χ1v) is 4.48. The van der Waals surface area contributed by atoms with Crippen molar-refractivity contribution in [1.82, 2.24) is 5.32 Å². The van der Waals surface area contributed by atoms with Gasteiger partial charge in [0.1, 0.15) is 0 Å². The Balaban J connectivity index is 3.21. The third-order valence-corrected chi connectivity index (χ3v) is 1.89. The average molecular weight is 142 g/mol. The van der Waals surface area contributed by atoms with Crippen molar-refractivity contribution in [3.05, 3.63) is 0 Å². The zero-order chi connectivity index (χ0) is 7.82. The predicted octanol–water partition coefficient (Wildman–Crippen LogP) is 2.44. The van der Waals surface area contributed by atoms with Crippen molar-refractivity contribution in [1.29, 1.82) is 0 Å². The van der Waals surface area contributed by atoms with Crippen LogP contribution in [0.1, 0.15) is 40.0 Å². The van der Waals surface area contributed by atoms with Crippen LogP contribution in [0.5, 0.6) is 0 Å². The Morgan fingerprint density at radius 1 is 1.20 bits per heavy atom. The lowest BCUT2D eigenvalue weighted by molar-refractivity contribution is 0.430. The molecule has 10 heavy (non-hydrogen) atoms. The van der Waals surface area contributed by atoms with E-state index in [1.54, 1.807) is 0 Å². The minimum Gasteiger partial charge on any atom is -0.242 e. The quantitative estimate of drug-likeness (QED) is 0.541. The van der Waals surface area contributed by atoms with Gasteiger partial charge in [0.2, 0.25) is 0 Å². The third kappa shape index (κ3) is 4.80. The van der Waals surface area contributed by atoms with Crippen LogP contribution in [0.2, 0.25) is 0 Å². The van der Waals surface area contributed by atoms with Crippen LogP contribution in [0.25, 0.3) is 0 Å². The lowest BCUT2D eigenvalue weighted by atomic mass is 10.0. The van der Waals surface area contributed by atoms with E-state index in [9.17, 15) is 0 Å². The topological polar surface area (TPSA) is 14.1 Å². The Hall–Kier alpha value is -0.0400. The molecule has 0 aromatic heterocycles. The molecule has 1 radical (unpaired) electrons. The summed E-state index contributed by atoms with van der Waals surface area (Å²) in [6.45, 7) is 8.68. The summed E-state index contributed by atoms with van der Waals surface area (Å²) in [6.07, 6.45) is 3.94. The predicted molar refractivity (Wildman–Crippen MR) is 46.2 cm³/mol. The van der Waals surface area contributed by atoms with Gasteiger partial charge >= 0.3 is 0 Å². The van der Waals surface area contributed by atoms with Crippen LogP contribution < -0.4 is 5.32 Å². The van der Waals surface area contributed by atoms with Crippen LogP contribution in [0.15, 0.2) is 0 Å². The maximum Gasteiger partial charge on any atom is 0.0161 e. The molecule has 0 rings (SSSR count). The first kappa shape index (κ1) is 9.96. The Labute approximate surface area is 65.2 Å². The standard InChI is InChI=1S/C9H20N/c1-4-7-9(5-2)8-10-6-3/h9H,4-8H2,1-3H3. The lowest BCUT2D eigenvalue weighted by Crippen LogP contribution is -2.15. The van der Waals surface area contributed by atoms with Gasteiger partial charge in [-0.3, -0.25) is 0 Å². The van der Waals surface area contributed by atoms with Gasteiger partial charge in [0.15, 0.2) is 0 Å². The molecule has 0 saturated carbocycles. The van der Waals surface area contributed by atoms with E-state index < -0.39 is 0 Å². The molecular formula is C9H20N. The van der Waals surface area contributed by atoms with Crippen molar-refractivity contribution in [2.75, 3.05) is 13.1 Å². The lowest BCUT2D eigenvalue weighted by Gasteiger charge is -2.11. The monoisotopic (exact) mass is 142 g/mol. The highest BCUT2D eigenvalue weighted by molar-refractivity contribution is 4.58. The smallest absolute Gasteiger partial charge is 0.0161 e. The van der Waals surface area contributed by atoms with Crippen molar-refractivity contribution in [3.8, 4) is 0 Å². The van der Waals surface area contributed by atoms with Gasteiger partial charge in [0.25, 0.3) is 0 Å². The van der Waals surface area contributed by atoms with Gasteiger partial charge in [0, 0.05) is 13.1 Å². The van der Waals surface area contributed by atoms with Crippen molar-refractivity contribution in [2.45, 2.75) is 40.0 Å². The van der Waals surface area contributed by atoms with Crippen molar-refractivity contribution >= 4 is 0 Å². The molecule has 61 valence electrons. The fourth-order valence-electron chi connectivity index (χ4n) is 1.14. The first-order valence-electron chi connectivity index (χ1n) is 4.48. The Bertz CT molecular complexity index is 61.7. The summed E-state index contributed by atoms with van der Waals surface area (Å²) in [6, 6.07) is 0. The minimum absolute atomic E-state index is 0.852. The van der Waals surface area contributed by atoms with Gasteiger partial charge in [-0.1, -0.05) is 33.6 Å². The van der Waals surface area contributed by atoms with Crippen LogP contribution in [0.3, 0.4) is 0 Å². The van der Waals surface area contributed by atoms with E-state index in [0.717, 1.165) is 19.0 Å². The second kappa shape index (κ2) is 7.07. The Kier molecular flexibility index (Phi) is 7.04. The number of rotatable bonds is 6.